The number of rotatable bonds is 9. The van der Waals surface area contributed by atoms with Crippen LogP contribution in [0.15, 0.2) is 61.2 Å². The Bertz CT molecular complexity index is 1040. The van der Waals surface area contributed by atoms with E-state index >= 15 is 0 Å². The molecule has 192 valence electrons. The summed E-state index contributed by atoms with van der Waals surface area (Å²) in [5, 5.41) is 5.79. The quantitative estimate of drug-likeness (QED) is 0.523. The molecule has 1 aliphatic rings. The molecule has 0 radical (unpaired) electrons. The van der Waals surface area contributed by atoms with Crippen LogP contribution in [0, 0.1) is 0 Å². The second-order valence-corrected chi connectivity index (χ2v) is 8.88. The molecule has 0 saturated carbocycles. The Morgan fingerprint density at radius 3 is 2.22 bits per heavy atom. The van der Waals surface area contributed by atoms with Crippen molar-refractivity contribution in [1.29, 1.82) is 0 Å². The number of benzene rings is 2. The van der Waals surface area contributed by atoms with Gasteiger partial charge in [0.05, 0.1) is 7.11 Å². The summed E-state index contributed by atoms with van der Waals surface area (Å²) in [7, 11) is 1.56. The first kappa shape index (κ1) is 26.6. The number of amides is 4. The van der Waals surface area contributed by atoms with Gasteiger partial charge < -0.3 is 30.1 Å². The highest BCUT2D eigenvalue weighted by Gasteiger charge is 2.22. The topological polar surface area (TPSA) is 94.2 Å². The van der Waals surface area contributed by atoms with Crippen molar-refractivity contribution in [3.63, 3.8) is 0 Å². The van der Waals surface area contributed by atoms with Gasteiger partial charge in [0.25, 0.3) is 5.91 Å². The van der Waals surface area contributed by atoms with Gasteiger partial charge in [-0.05, 0) is 62.4 Å². The molecule has 0 spiro atoms. The van der Waals surface area contributed by atoms with Crippen LogP contribution in [0.3, 0.4) is 0 Å². The smallest absolute Gasteiger partial charge is 0.317 e. The van der Waals surface area contributed by atoms with Crippen molar-refractivity contribution in [3.8, 4) is 5.75 Å². The zero-order chi connectivity index (χ0) is 26.1. The molecule has 0 bridgehead atoms. The maximum Gasteiger partial charge on any atom is 0.317 e. The summed E-state index contributed by atoms with van der Waals surface area (Å²) in [6, 6.07) is 14.4. The number of hydrogen-bond donors (Lipinski definition) is 2. The number of methoxy groups -OCH3 is 1. The number of nitrogens with one attached hydrogen (secondary N) is 2. The van der Waals surface area contributed by atoms with Crippen LogP contribution in [0.4, 0.5) is 16.2 Å². The molecule has 9 heteroatoms. The van der Waals surface area contributed by atoms with E-state index < -0.39 is 0 Å². The van der Waals surface area contributed by atoms with Gasteiger partial charge in [-0.2, -0.15) is 0 Å². The second-order valence-electron chi connectivity index (χ2n) is 8.88. The third-order valence-corrected chi connectivity index (χ3v) is 5.80. The number of ether oxygens (including phenoxy) is 1. The van der Waals surface area contributed by atoms with Crippen LogP contribution in [0.25, 0.3) is 0 Å². The minimum absolute atomic E-state index is 0.0290. The summed E-state index contributed by atoms with van der Waals surface area (Å²) in [5.74, 6) is 0.0991. The fourth-order valence-corrected chi connectivity index (χ4v) is 3.93. The first-order chi connectivity index (χ1) is 17.3. The van der Waals surface area contributed by atoms with E-state index in [2.05, 4.69) is 22.1 Å². The predicted molar refractivity (Wildman–Crippen MR) is 142 cm³/mol. The Kier molecular flexibility index (Phi) is 9.32. The largest absolute Gasteiger partial charge is 0.497 e. The lowest BCUT2D eigenvalue weighted by Crippen LogP contribution is -2.52. The first-order valence-corrected chi connectivity index (χ1v) is 12.0. The molecule has 9 nitrogen and oxygen atoms in total. The summed E-state index contributed by atoms with van der Waals surface area (Å²) < 4.78 is 5.14. The summed E-state index contributed by atoms with van der Waals surface area (Å²) in [5.41, 5.74) is 2.14. The average Bonchev–Trinajstić information content (AvgIpc) is 2.88. The van der Waals surface area contributed by atoms with Gasteiger partial charge in [-0.15, -0.1) is 6.58 Å². The van der Waals surface area contributed by atoms with Gasteiger partial charge in [0.2, 0.25) is 5.91 Å². The van der Waals surface area contributed by atoms with Crippen molar-refractivity contribution >= 4 is 29.2 Å². The molecular weight excluding hydrogens is 458 g/mol. The molecule has 1 fully saturated rings. The van der Waals surface area contributed by atoms with Crippen LogP contribution >= 0.6 is 0 Å². The molecule has 0 unspecified atom stereocenters. The van der Waals surface area contributed by atoms with Gasteiger partial charge in [-0.1, -0.05) is 6.08 Å². The van der Waals surface area contributed by atoms with Gasteiger partial charge >= 0.3 is 6.03 Å². The third kappa shape index (κ3) is 7.24. The molecule has 0 aliphatic carbocycles. The summed E-state index contributed by atoms with van der Waals surface area (Å²) in [6.07, 6.45) is 1.59. The minimum Gasteiger partial charge on any atom is -0.497 e. The molecule has 36 heavy (non-hydrogen) atoms. The maximum atomic E-state index is 12.9. The van der Waals surface area contributed by atoms with Crippen molar-refractivity contribution in [1.82, 2.24) is 15.1 Å². The zero-order valence-corrected chi connectivity index (χ0v) is 21.2. The van der Waals surface area contributed by atoms with E-state index in [1.54, 1.807) is 37.5 Å². The van der Waals surface area contributed by atoms with E-state index in [1.165, 1.54) is 4.90 Å². The molecule has 4 amide bonds. The molecule has 2 aromatic carbocycles. The van der Waals surface area contributed by atoms with Crippen LogP contribution in [0.5, 0.6) is 5.75 Å². The first-order valence-electron chi connectivity index (χ1n) is 12.0. The Balaban J connectivity index is 1.53. The van der Waals surface area contributed by atoms with Gasteiger partial charge in [0, 0.05) is 55.7 Å². The highest BCUT2D eigenvalue weighted by atomic mass is 16.5. The number of piperazine rings is 1. The third-order valence-electron chi connectivity index (χ3n) is 5.80. The van der Waals surface area contributed by atoms with E-state index in [9.17, 15) is 14.4 Å². The Labute approximate surface area is 212 Å². The number of urea groups is 1. The van der Waals surface area contributed by atoms with E-state index in [0.29, 0.717) is 30.1 Å². The van der Waals surface area contributed by atoms with Gasteiger partial charge in [0.15, 0.2) is 0 Å². The van der Waals surface area contributed by atoms with Crippen LogP contribution in [0.1, 0.15) is 24.2 Å². The average molecular weight is 494 g/mol. The van der Waals surface area contributed by atoms with Crippen molar-refractivity contribution in [2.24, 2.45) is 0 Å². The second kappa shape index (κ2) is 12.6. The molecule has 1 aliphatic heterocycles. The van der Waals surface area contributed by atoms with Crippen molar-refractivity contribution in [3.05, 3.63) is 66.7 Å². The van der Waals surface area contributed by atoms with E-state index in [4.69, 9.17) is 4.74 Å². The normalized spacial score (nSPS) is 13.2. The van der Waals surface area contributed by atoms with E-state index in [1.807, 2.05) is 43.0 Å². The van der Waals surface area contributed by atoms with Crippen LogP contribution in [0.2, 0.25) is 0 Å². The van der Waals surface area contributed by atoms with Crippen LogP contribution < -0.4 is 20.3 Å². The molecule has 2 N–H and O–H groups in total. The molecule has 0 aromatic heterocycles. The van der Waals surface area contributed by atoms with Crippen molar-refractivity contribution in [2.75, 3.05) is 56.6 Å². The van der Waals surface area contributed by atoms with Crippen molar-refractivity contribution in [2.45, 2.75) is 19.9 Å². The van der Waals surface area contributed by atoms with Crippen LogP contribution in [-0.2, 0) is 4.79 Å². The minimum atomic E-state index is -0.295. The lowest BCUT2D eigenvalue weighted by molar-refractivity contribution is -0.116. The maximum absolute atomic E-state index is 12.9. The summed E-state index contributed by atoms with van der Waals surface area (Å²) in [6.45, 7) is 10.5. The number of hydrogen-bond acceptors (Lipinski definition) is 5. The molecule has 0 atom stereocenters. The van der Waals surface area contributed by atoms with Gasteiger partial charge in [-0.25, -0.2) is 4.79 Å². The Morgan fingerprint density at radius 1 is 1.03 bits per heavy atom. The fourth-order valence-electron chi connectivity index (χ4n) is 3.93. The standard InChI is InChI=1S/C27H35N5O4/c1-5-14-32(26(34)21-6-12-24(36-4)13-7-21)19-25(33)29-22-8-10-23(11-9-22)30-15-17-31(18-16-30)27(35)28-20(2)3/h5-13,20H,1,14-19H2,2-4H3,(H,28,35)(H,29,33). The van der Waals surface area contributed by atoms with Gasteiger partial charge in [0.1, 0.15) is 12.3 Å². The van der Waals surface area contributed by atoms with Crippen LogP contribution in [-0.4, -0.2) is 80.1 Å². The summed E-state index contributed by atoms with van der Waals surface area (Å²) >= 11 is 0. The Morgan fingerprint density at radius 2 is 1.67 bits per heavy atom. The monoisotopic (exact) mass is 493 g/mol. The lowest BCUT2D eigenvalue weighted by atomic mass is 10.2. The molecule has 3 rings (SSSR count). The number of carbonyl (C=O) groups excluding carboxylic acids is 3. The molecule has 2 aromatic rings. The summed E-state index contributed by atoms with van der Waals surface area (Å²) in [4.78, 5) is 43.2. The molecule has 1 heterocycles. The lowest BCUT2D eigenvalue weighted by Gasteiger charge is -2.36. The predicted octanol–water partition coefficient (Wildman–Crippen LogP) is 3.20. The van der Waals surface area contributed by atoms with E-state index in [-0.39, 0.29) is 37.0 Å². The highest BCUT2D eigenvalue weighted by Crippen LogP contribution is 2.20. The highest BCUT2D eigenvalue weighted by molar-refractivity contribution is 5.99. The molecule has 1 saturated heterocycles. The van der Waals surface area contributed by atoms with Gasteiger partial charge in [-0.3, -0.25) is 9.59 Å². The van der Waals surface area contributed by atoms with Crippen molar-refractivity contribution < 1.29 is 19.1 Å². The Hall–Kier alpha value is -4.01. The zero-order valence-electron chi connectivity index (χ0n) is 21.2. The molecular formula is C27H35N5O4. The number of carbonyl (C=O) groups is 3. The fraction of sp³-hybridized carbons (Fsp3) is 0.370. The SMILES string of the molecule is C=CCN(CC(=O)Nc1ccc(N2CCN(C(=O)NC(C)C)CC2)cc1)C(=O)c1ccc(OC)cc1. The number of anilines is 2. The van der Waals surface area contributed by atoms with E-state index in [0.717, 1.165) is 18.8 Å². The number of nitrogens with zero attached hydrogens (tertiary/aromatic N) is 3.